The fourth-order valence-corrected chi connectivity index (χ4v) is 5.41. The van der Waals surface area contributed by atoms with Crippen molar-refractivity contribution in [2.45, 2.75) is 37.5 Å². The molecule has 3 atom stereocenters. The van der Waals surface area contributed by atoms with E-state index in [9.17, 15) is 0 Å². The molecule has 2 heterocycles. The van der Waals surface area contributed by atoms with E-state index in [1.165, 1.54) is 21.7 Å². The van der Waals surface area contributed by atoms with Gasteiger partial charge in [0.1, 0.15) is 11.9 Å². The van der Waals surface area contributed by atoms with Crippen molar-refractivity contribution in [1.82, 2.24) is 10.3 Å². The van der Waals surface area contributed by atoms with Crippen molar-refractivity contribution in [1.29, 1.82) is 0 Å². The van der Waals surface area contributed by atoms with Gasteiger partial charge in [0.05, 0.1) is 5.52 Å². The third-order valence-corrected chi connectivity index (χ3v) is 7.08. The molecule has 1 aliphatic rings. The minimum Gasteiger partial charge on any atom is -0.483 e. The molecular weight excluding hydrogens is 416 g/mol. The lowest BCUT2D eigenvalue weighted by molar-refractivity contribution is 0.133. The number of para-hydroxylation sites is 1. The Labute approximate surface area is 200 Å². The molecule has 0 radical (unpaired) electrons. The monoisotopic (exact) mass is 444 g/mol. The van der Waals surface area contributed by atoms with Crippen LogP contribution in [0.2, 0.25) is 0 Å². The molecule has 0 bridgehead atoms. The number of nitrogens with one attached hydrogen (secondary N) is 1. The zero-order valence-electron chi connectivity index (χ0n) is 19.2. The van der Waals surface area contributed by atoms with Gasteiger partial charge in [-0.2, -0.15) is 0 Å². The summed E-state index contributed by atoms with van der Waals surface area (Å²) in [6.45, 7) is 4.05. The van der Waals surface area contributed by atoms with E-state index in [0.717, 1.165) is 41.3 Å². The Morgan fingerprint density at radius 2 is 1.59 bits per heavy atom. The van der Waals surface area contributed by atoms with E-state index in [1.54, 1.807) is 0 Å². The average Bonchev–Trinajstić information content (AvgIpc) is 2.91. The van der Waals surface area contributed by atoms with Gasteiger partial charge >= 0.3 is 0 Å². The summed E-state index contributed by atoms with van der Waals surface area (Å²) in [6, 6.07) is 30.2. The third kappa shape index (κ3) is 3.72. The SMILES string of the molecule is C=C[C@@H]1CCC[C@H]([C@@H](Oc2cc3ccccc3c3ccccc23)c2ccnc3ccccc23)N1. The predicted molar refractivity (Wildman–Crippen MR) is 141 cm³/mol. The number of rotatable bonds is 5. The first-order valence-electron chi connectivity index (χ1n) is 12.1. The van der Waals surface area contributed by atoms with Crippen molar-refractivity contribution in [3.05, 3.63) is 109 Å². The molecule has 1 N–H and O–H groups in total. The van der Waals surface area contributed by atoms with Gasteiger partial charge in [0.2, 0.25) is 0 Å². The Hall–Kier alpha value is -3.69. The van der Waals surface area contributed by atoms with Crippen molar-refractivity contribution in [3.63, 3.8) is 0 Å². The topological polar surface area (TPSA) is 34.1 Å². The van der Waals surface area contributed by atoms with Crippen molar-refractivity contribution in [2.24, 2.45) is 0 Å². The smallest absolute Gasteiger partial charge is 0.140 e. The van der Waals surface area contributed by atoms with Crippen LogP contribution in [0.3, 0.4) is 0 Å². The first kappa shape index (κ1) is 20.9. The molecule has 34 heavy (non-hydrogen) atoms. The van der Waals surface area contributed by atoms with Crippen LogP contribution < -0.4 is 10.1 Å². The molecule has 3 heteroatoms. The van der Waals surface area contributed by atoms with E-state index in [2.05, 4.69) is 95.7 Å². The first-order valence-corrected chi connectivity index (χ1v) is 12.1. The summed E-state index contributed by atoms with van der Waals surface area (Å²) >= 11 is 0. The molecule has 0 spiro atoms. The van der Waals surface area contributed by atoms with Crippen LogP contribution in [0.15, 0.2) is 104 Å². The maximum absolute atomic E-state index is 7.04. The van der Waals surface area contributed by atoms with Crippen molar-refractivity contribution < 1.29 is 4.74 Å². The Balaban J connectivity index is 1.52. The van der Waals surface area contributed by atoms with Gasteiger partial charge in [-0.3, -0.25) is 4.98 Å². The van der Waals surface area contributed by atoms with Crippen LogP contribution in [0.25, 0.3) is 32.4 Å². The van der Waals surface area contributed by atoms with Gasteiger partial charge in [0.15, 0.2) is 0 Å². The van der Waals surface area contributed by atoms with Crippen LogP contribution in [0.4, 0.5) is 0 Å². The summed E-state index contributed by atoms with van der Waals surface area (Å²) in [6.07, 6.45) is 7.09. The second-order valence-electron chi connectivity index (χ2n) is 9.14. The van der Waals surface area contributed by atoms with Crippen molar-refractivity contribution in [2.75, 3.05) is 0 Å². The number of hydrogen-bond acceptors (Lipinski definition) is 3. The second kappa shape index (κ2) is 8.92. The van der Waals surface area contributed by atoms with E-state index in [0.29, 0.717) is 6.04 Å². The summed E-state index contributed by atoms with van der Waals surface area (Å²) in [5.41, 5.74) is 2.16. The summed E-state index contributed by atoms with van der Waals surface area (Å²) < 4.78 is 7.04. The van der Waals surface area contributed by atoms with Crippen molar-refractivity contribution >= 4 is 32.4 Å². The highest BCUT2D eigenvalue weighted by Crippen LogP contribution is 2.39. The minimum absolute atomic E-state index is 0.153. The molecule has 5 aromatic rings. The second-order valence-corrected chi connectivity index (χ2v) is 9.14. The Bertz CT molecular complexity index is 1490. The van der Waals surface area contributed by atoms with Crippen LogP contribution in [-0.4, -0.2) is 17.1 Å². The Kier molecular flexibility index (Phi) is 5.48. The Morgan fingerprint density at radius 1 is 0.853 bits per heavy atom. The molecular formula is C31H28N2O. The number of piperidine rings is 1. The van der Waals surface area contributed by atoms with Gasteiger partial charge < -0.3 is 10.1 Å². The van der Waals surface area contributed by atoms with Crippen LogP contribution in [0, 0.1) is 0 Å². The van der Waals surface area contributed by atoms with Crippen LogP contribution in [0.5, 0.6) is 5.75 Å². The largest absolute Gasteiger partial charge is 0.483 e. The lowest BCUT2D eigenvalue weighted by Gasteiger charge is -2.36. The van der Waals surface area contributed by atoms with Gasteiger partial charge in [-0.15, -0.1) is 6.58 Å². The fraction of sp³-hybridized carbons (Fsp3) is 0.194. The number of hydrogen-bond donors (Lipinski definition) is 1. The summed E-state index contributed by atoms with van der Waals surface area (Å²) in [5.74, 6) is 0.919. The zero-order chi connectivity index (χ0) is 22.9. The molecule has 1 aromatic heterocycles. The molecule has 0 saturated carbocycles. The molecule has 168 valence electrons. The van der Waals surface area contributed by atoms with Crippen LogP contribution >= 0.6 is 0 Å². The average molecular weight is 445 g/mol. The standard InChI is InChI=1S/C31H28N2O/c1-2-22-11-9-17-29(33-22)31(27-18-19-32-28-16-8-7-14-25(27)28)34-30-20-21-10-3-4-12-23(21)24-13-5-6-15-26(24)30/h2-8,10,12-16,18-20,22,29,31,33H,1,9,11,17H2/t22-,29-,31+/m1/s1. The zero-order valence-corrected chi connectivity index (χ0v) is 19.2. The van der Waals surface area contributed by atoms with E-state index in [-0.39, 0.29) is 12.1 Å². The molecule has 6 rings (SSSR count). The minimum atomic E-state index is -0.153. The maximum atomic E-state index is 7.04. The molecule has 1 fully saturated rings. The number of benzene rings is 4. The molecule has 4 aromatic carbocycles. The number of nitrogens with zero attached hydrogens (tertiary/aromatic N) is 1. The van der Waals surface area contributed by atoms with E-state index < -0.39 is 0 Å². The first-order chi connectivity index (χ1) is 16.8. The third-order valence-electron chi connectivity index (χ3n) is 7.08. The summed E-state index contributed by atoms with van der Waals surface area (Å²) in [7, 11) is 0. The fourth-order valence-electron chi connectivity index (χ4n) is 5.41. The highest BCUT2D eigenvalue weighted by Gasteiger charge is 2.31. The highest BCUT2D eigenvalue weighted by atomic mass is 16.5. The number of fused-ring (bicyclic) bond motifs is 4. The number of aromatic nitrogens is 1. The molecule has 0 unspecified atom stereocenters. The van der Waals surface area contributed by atoms with Gasteiger partial charge in [0.25, 0.3) is 0 Å². The van der Waals surface area contributed by atoms with E-state index in [4.69, 9.17) is 4.74 Å². The van der Waals surface area contributed by atoms with Crippen LogP contribution in [-0.2, 0) is 0 Å². The van der Waals surface area contributed by atoms with Gasteiger partial charge in [-0.25, -0.2) is 0 Å². The highest BCUT2D eigenvalue weighted by molar-refractivity contribution is 6.10. The molecule has 1 saturated heterocycles. The predicted octanol–water partition coefficient (Wildman–Crippen LogP) is 7.36. The molecule has 1 aliphatic heterocycles. The lowest BCUT2D eigenvalue weighted by Crippen LogP contribution is -2.46. The van der Waals surface area contributed by atoms with Gasteiger partial charge in [-0.1, -0.05) is 72.8 Å². The maximum Gasteiger partial charge on any atom is 0.140 e. The summed E-state index contributed by atoms with van der Waals surface area (Å²) in [5, 5.41) is 9.75. The van der Waals surface area contributed by atoms with Crippen LogP contribution in [0.1, 0.15) is 30.9 Å². The number of ether oxygens (including phenoxy) is 1. The summed E-state index contributed by atoms with van der Waals surface area (Å²) in [4.78, 5) is 4.61. The van der Waals surface area contributed by atoms with E-state index in [1.807, 2.05) is 18.3 Å². The normalized spacial score (nSPS) is 19.3. The van der Waals surface area contributed by atoms with Gasteiger partial charge in [0, 0.05) is 34.6 Å². The van der Waals surface area contributed by atoms with E-state index >= 15 is 0 Å². The Morgan fingerprint density at radius 3 is 2.44 bits per heavy atom. The number of pyridine rings is 1. The molecule has 3 nitrogen and oxygen atoms in total. The van der Waals surface area contributed by atoms with Crippen molar-refractivity contribution in [3.8, 4) is 5.75 Å². The molecule has 0 aliphatic carbocycles. The molecule has 0 amide bonds. The lowest BCUT2D eigenvalue weighted by atomic mass is 9.90. The van der Waals surface area contributed by atoms with Gasteiger partial charge in [-0.05, 0) is 53.6 Å². The quantitative estimate of drug-likeness (QED) is 0.227.